The first-order valence-corrected chi connectivity index (χ1v) is 2.58. The van der Waals surface area contributed by atoms with E-state index in [-0.39, 0.29) is 6.04 Å². The van der Waals surface area contributed by atoms with Gasteiger partial charge in [0.2, 0.25) is 6.29 Å². The van der Waals surface area contributed by atoms with Crippen LogP contribution < -0.4 is 5.32 Å². The van der Waals surface area contributed by atoms with E-state index in [4.69, 9.17) is 0 Å². The molecule has 1 N–H and O–H groups in total. The van der Waals surface area contributed by atoms with Crippen molar-refractivity contribution in [3.63, 3.8) is 0 Å². The van der Waals surface area contributed by atoms with Gasteiger partial charge in [0.1, 0.15) is 6.17 Å². The number of hydrogen-bond acceptors (Lipinski definition) is 2. The minimum Gasteiger partial charge on any atom is -0.304 e. The molecule has 0 amide bonds. The monoisotopic (exact) mass is 116 g/mol. The zero-order chi connectivity index (χ0) is 5.98. The van der Waals surface area contributed by atoms with Gasteiger partial charge < -0.3 is 5.32 Å². The number of rotatable bonds is 1. The topological polar surface area (TPSA) is 29.1 Å². The minimum absolute atomic E-state index is 0.295. The Balaban J connectivity index is 2.32. The molecule has 2 nitrogen and oxygen atoms in total. The molecular formula is C5H7FNO. The van der Waals surface area contributed by atoms with Gasteiger partial charge in [0.05, 0.1) is 6.04 Å². The molecule has 1 aliphatic heterocycles. The van der Waals surface area contributed by atoms with Crippen LogP contribution in [0.4, 0.5) is 4.39 Å². The predicted molar refractivity (Wildman–Crippen MR) is 27.0 cm³/mol. The van der Waals surface area contributed by atoms with E-state index >= 15 is 0 Å². The van der Waals surface area contributed by atoms with Gasteiger partial charge in [-0.3, -0.25) is 4.79 Å². The summed E-state index contributed by atoms with van der Waals surface area (Å²) < 4.78 is 12.1. The Morgan fingerprint density at radius 2 is 2.50 bits per heavy atom. The van der Waals surface area contributed by atoms with E-state index in [2.05, 4.69) is 5.32 Å². The summed E-state index contributed by atoms with van der Waals surface area (Å²) in [5.41, 5.74) is 0. The van der Waals surface area contributed by atoms with Crippen LogP contribution in [0.3, 0.4) is 0 Å². The summed E-state index contributed by atoms with van der Waals surface area (Å²) in [6.45, 7) is 0.305. The van der Waals surface area contributed by atoms with Gasteiger partial charge in [-0.25, -0.2) is 4.39 Å². The summed E-state index contributed by atoms with van der Waals surface area (Å²) in [6.07, 6.45) is 1.14. The minimum atomic E-state index is -0.846. The molecular weight excluding hydrogens is 109 g/mol. The Kier molecular flexibility index (Phi) is 1.58. The van der Waals surface area contributed by atoms with Crippen LogP contribution in [0, 0.1) is 0 Å². The third-order valence-corrected chi connectivity index (χ3v) is 1.22. The molecule has 2 atom stereocenters. The Hall–Kier alpha value is -0.440. The number of halogens is 1. The molecule has 45 valence electrons. The molecule has 8 heavy (non-hydrogen) atoms. The zero-order valence-electron chi connectivity index (χ0n) is 4.36. The van der Waals surface area contributed by atoms with Crippen LogP contribution in [-0.2, 0) is 4.79 Å². The van der Waals surface area contributed by atoms with E-state index in [0.717, 1.165) is 0 Å². The highest BCUT2D eigenvalue weighted by atomic mass is 19.1. The summed E-state index contributed by atoms with van der Waals surface area (Å²) >= 11 is 0. The average molecular weight is 116 g/mol. The van der Waals surface area contributed by atoms with Crippen molar-refractivity contribution in [2.75, 3.05) is 6.54 Å². The third kappa shape index (κ3) is 1.04. The van der Waals surface area contributed by atoms with Crippen molar-refractivity contribution in [1.82, 2.24) is 5.32 Å². The maximum Gasteiger partial charge on any atom is 0.216 e. The van der Waals surface area contributed by atoms with Gasteiger partial charge in [-0.05, 0) is 0 Å². The van der Waals surface area contributed by atoms with Crippen molar-refractivity contribution in [3.8, 4) is 0 Å². The zero-order valence-corrected chi connectivity index (χ0v) is 4.36. The van der Waals surface area contributed by atoms with E-state index in [1.807, 2.05) is 0 Å². The second kappa shape index (κ2) is 2.22. The van der Waals surface area contributed by atoms with Crippen molar-refractivity contribution in [3.05, 3.63) is 0 Å². The molecule has 0 bridgehead atoms. The van der Waals surface area contributed by atoms with E-state index in [0.29, 0.717) is 13.0 Å². The fourth-order valence-corrected chi connectivity index (χ4v) is 0.782. The van der Waals surface area contributed by atoms with Gasteiger partial charge in [0.15, 0.2) is 0 Å². The van der Waals surface area contributed by atoms with Gasteiger partial charge in [-0.15, -0.1) is 0 Å². The van der Waals surface area contributed by atoms with E-state index in [1.165, 1.54) is 0 Å². The Labute approximate surface area is 47.1 Å². The average Bonchev–Trinajstić information content (AvgIpc) is 2.14. The largest absolute Gasteiger partial charge is 0.304 e. The van der Waals surface area contributed by atoms with Crippen LogP contribution in [0.5, 0.6) is 0 Å². The molecule has 1 aliphatic rings. The van der Waals surface area contributed by atoms with E-state index in [9.17, 15) is 9.18 Å². The molecule has 3 heteroatoms. The Morgan fingerprint density at radius 1 is 1.75 bits per heavy atom. The molecule has 0 saturated carbocycles. The molecule has 1 fully saturated rings. The van der Waals surface area contributed by atoms with Crippen molar-refractivity contribution in [2.45, 2.75) is 18.6 Å². The highest BCUT2D eigenvalue weighted by Crippen LogP contribution is 2.06. The van der Waals surface area contributed by atoms with Gasteiger partial charge in [-0.2, -0.15) is 0 Å². The number of alkyl halides is 1. The molecule has 0 aromatic heterocycles. The molecule has 1 saturated heterocycles. The van der Waals surface area contributed by atoms with Crippen LogP contribution in [0.25, 0.3) is 0 Å². The van der Waals surface area contributed by atoms with Crippen LogP contribution in [-0.4, -0.2) is 25.0 Å². The fourth-order valence-electron chi connectivity index (χ4n) is 0.782. The lowest BCUT2D eigenvalue weighted by Crippen LogP contribution is -2.22. The molecule has 1 rings (SSSR count). The second-order valence-corrected chi connectivity index (χ2v) is 1.91. The molecule has 1 heterocycles. The van der Waals surface area contributed by atoms with Crippen molar-refractivity contribution < 1.29 is 9.18 Å². The van der Waals surface area contributed by atoms with Crippen LogP contribution in [0.1, 0.15) is 6.42 Å². The molecule has 1 radical (unpaired) electrons. The van der Waals surface area contributed by atoms with Crippen molar-refractivity contribution in [1.29, 1.82) is 0 Å². The number of carbonyl (C=O) groups excluding carboxylic acids is 1. The summed E-state index contributed by atoms with van der Waals surface area (Å²) in [4.78, 5) is 9.80. The van der Waals surface area contributed by atoms with E-state index in [1.54, 1.807) is 6.29 Å². The number of hydrogen-bond donors (Lipinski definition) is 1. The van der Waals surface area contributed by atoms with Crippen LogP contribution in [0.15, 0.2) is 0 Å². The molecule has 1 unspecified atom stereocenters. The lowest BCUT2D eigenvalue weighted by molar-refractivity contribution is 0.358. The summed E-state index contributed by atoms with van der Waals surface area (Å²) in [5, 5.41) is 2.66. The lowest BCUT2D eigenvalue weighted by atomic mass is 10.2. The second-order valence-electron chi connectivity index (χ2n) is 1.91. The smallest absolute Gasteiger partial charge is 0.216 e. The molecule has 0 spiro atoms. The Morgan fingerprint density at radius 3 is 2.75 bits per heavy atom. The van der Waals surface area contributed by atoms with Crippen molar-refractivity contribution >= 4 is 6.29 Å². The number of nitrogens with one attached hydrogen (secondary N) is 1. The standard InChI is InChI=1S/C5H7FNO/c6-4-1-5(3-8)7-2-4/h4-5,7H,1-2H2/t4?,5-/m0/s1. The van der Waals surface area contributed by atoms with Gasteiger partial charge in [0.25, 0.3) is 0 Å². The van der Waals surface area contributed by atoms with Gasteiger partial charge in [-0.1, -0.05) is 0 Å². The lowest BCUT2D eigenvalue weighted by Gasteiger charge is -1.92. The predicted octanol–water partition coefficient (Wildman–Crippen LogP) is -0.204. The van der Waals surface area contributed by atoms with Crippen LogP contribution >= 0.6 is 0 Å². The summed E-state index contributed by atoms with van der Waals surface area (Å²) in [7, 11) is 0. The van der Waals surface area contributed by atoms with Crippen LogP contribution in [0.2, 0.25) is 0 Å². The first kappa shape index (κ1) is 5.69. The van der Waals surface area contributed by atoms with E-state index < -0.39 is 6.17 Å². The van der Waals surface area contributed by atoms with Crippen molar-refractivity contribution in [2.24, 2.45) is 0 Å². The first-order valence-electron chi connectivity index (χ1n) is 2.58. The quantitative estimate of drug-likeness (QED) is 0.514. The maximum absolute atomic E-state index is 12.1. The fraction of sp³-hybridized carbons (Fsp3) is 0.800. The summed E-state index contributed by atoms with van der Waals surface area (Å²) in [5.74, 6) is 0. The maximum atomic E-state index is 12.1. The molecule has 0 aliphatic carbocycles. The normalized spacial score (nSPS) is 37.6. The van der Waals surface area contributed by atoms with Gasteiger partial charge in [0, 0.05) is 13.0 Å². The highest BCUT2D eigenvalue weighted by Gasteiger charge is 2.22. The first-order chi connectivity index (χ1) is 3.83. The van der Waals surface area contributed by atoms with Gasteiger partial charge >= 0.3 is 0 Å². The third-order valence-electron chi connectivity index (χ3n) is 1.22. The highest BCUT2D eigenvalue weighted by molar-refractivity contribution is 5.59. The SMILES string of the molecule is O=[C][C@@H]1CC(F)CN1. The molecule has 0 aromatic rings. The molecule has 0 aromatic carbocycles. The summed E-state index contributed by atoms with van der Waals surface area (Å²) in [6, 6.07) is -0.356. The Bertz CT molecular complexity index is 96.4.